The van der Waals surface area contributed by atoms with Crippen molar-refractivity contribution in [2.45, 2.75) is 79.1 Å². The summed E-state index contributed by atoms with van der Waals surface area (Å²) in [6, 6.07) is 15.7. The van der Waals surface area contributed by atoms with Crippen molar-refractivity contribution in [1.29, 1.82) is 0 Å². The van der Waals surface area contributed by atoms with Gasteiger partial charge in [0, 0.05) is 26.2 Å². The number of carbonyl (C=O) groups excluding carboxylic acids is 7. The Hall–Kier alpha value is -4.99. The lowest BCUT2D eigenvalue weighted by Gasteiger charge is -2.30. The van der Waals surface area contributed by atoms with Crippen LogP contribution in [0.25, 0.3) is 0 Å². The molecule has 55 heavy (non-hydrogen) atoms. The molecule has 0 aliphatic rings. The zero-order valence-electron chi connectivity index (χ0n) is 33.4. The maximum atomic E-state index is 13.0. The van der Waals surface area contributed by atoms with Gasteiger partial charge in [-0.05, 0) is 86.6 Å². The third-order valence-corrected chi connectivity index (χ3v) is 6.92. The molecular weight excluding hydrogens is 714 g/mol. The first kappa shape index (κ1) is 46.2. The van der Waals surface area contributed by atoms with Crippen molar-refractivity contribution >= 4 is 41.8 Å². The van der Waals surface area contributed by atoms with Gasteiger partial charge < -0.3 is 23.7 Å². The fourth-order valence-electron chi connectivity index (χ4n) is 4.84. The highest BCUT2D eigenvalue weighted by Gasteiger charge is 2.27. The number of carbonyl (C=O) groups is 7. The Balaban J connectivity index is 2.30. The smallest absolute Gasteiger partial charge is 0.345 e. The second-order valence-electron chi connectivity index (χ2n) is 15.7. The van der Waals surface area contributed by atoms with Crippen LogP contribution in [0.4, 0.5) is 0 Å². The van der Waals surface area contributed by atoms with E-state index in [4.69, 9.17) is 23.7 Å². The van der Waals surface area contributed by atoms with Crippen molar-refractivity contribution in [3.8, 4) is 0 Å². The highest BCUT2D eigenvalue weighted by atomic mass is 16.6. The van der Waals surface area contributed by atoms with Crippen LogP contribution >= 0.6 is 0 Å². The van der Waals surface area contributed by atoms with Crippen molar-refractivity contribution in [3.63, 3.8) is 0 Å². The molecule has 0 atom stereocenters. The van der Waals surface area contributed by atoms with Crippen molar-refractivity contribution in [3.05, 3.63) is 71.8 Å². The van der Waals surface area contributed by atoms with Gasteiger partial charge in [-0.2, -0.15) is 0 Å². The van der Waals surface area contributed by atoms with E-state index in [0.717, 1.165) is 0 Å². The van der Waals surface area contributed by atoms with Crippen LogP contribution < -0.4 is 0 Å². The predicted octanol–water partition coefficient (Wildman–Crippen LogP) is 3.68. The quantitative estimate of drug-likeness (QED) is 0.122. The van der Waals surface area contributed by atoms with E-state index in [-0.39, 0.29) is 56.9 Å². The van der Waals surface area contributed by atoms with Gasteiger partial charge in [0.1, 0.15) is 16.8 Å². The van der Waals surface area contributed by atoms with E-state index in [1.807, 2.05) is 0 Å². The molecule has 0 heterocycles. The Bertz CT molecular complexity index is 1510. The summed E-state index contributed by atoms with van der Waals surface area (Å²) in [5.74, 6) is -5.47. The summed E-state index contributed by atoms with van der Waals surface area (Å²) < 4.78 is 26.6. The van der Waals surface area contributed by atoms with Gasteiger partial charge in [0.25, 0.3) is 0 Å². The van der Waals surface area contributed by atoms with Crippen molar-refractivity contribution in [2.24, 2.45) is 0 Å². The normalized spacial score (nSPS) is 11.9. The number of hydrogen-bond acceptors (Lipinski definition) is 15. The molecule has 0 spiro atoms. The molecule has 0 bridgehead atoms. The number of nitrogens with zero attached hydrogens (tertiary/aromatic N) is 3. The Morgan fingerprint density at radius 1 is 0.400 bits per heavy atom. The van der Waals surface area contributed by atoms with Gasteiger partial charge >= 0.3 is 41.8 Å². The summed E-state index contributed by atoms with van der Waals surface area (Å²) in [7, 11) is 0. The van der Waals surface area contributed by atoms with Crippen LogP contribution in [0, 0.1) is 0 Å². The Labute approximate surface area is 323 Å². The SMILES string of the molecule is CC(C)(C)OC(=O)CN(CCN(CC(=O)OC(=O)c1ccccc1)CC(=O)OC(=O)c1ccccc1)CCN(CC(=O)OC(C)(C)C)CC(=O)OC(C)(C)C. The summed E-state index contributed by atoms with van der Waals surface area (Å²) in [5.41, 5.74) is -2.08. The molecule has 15 heteroatoms. The van der Waals surface area contributed by atoms with E-state index >= 15 is 0 Å². The Kier molecular flexibility index (Phi) is 17.8. The first-order valence-electron chi connectivity index (χ1n) is 17.9. The zero-order valence-corrected chi connectivity index (χ0v) is 33.4. The summed E-state index contributed by atoms with van der Waals surface area (Å²) in [6.07, 6.45) is 0. The molecule has 0 aromatic heterocycles. The first-order chi connectivity index (χ1) is 25.5. The number of benzene rings is 2. The first-order valence-corrected chi connectivity index (χ1v) is 17.9. The summed E-state index contributed by atoms with van der Waals surface area (Å²) in [4.78, 5) is 94.3. The molecule has 0 aliphatic heterocycles. The molecule has 0 radical (unpaired) electrons. The second-order valence-corrected chi connectivity index (χ2v) is 15.7. The van der Waals surface area contributed by atoms with Crippen LogP contribution in [0.3, 0.4) is 0 Å². The topological polar surface area (TPSA) is 175 Å². The maximum absolute atomic E-state index is 13.0. The lowest BCUT2D eigenvalue weighted by atomic mass is 10.2. The summed E-state index contributed by atoms with van der Waals surface area (Å²) in [6.45, 7) is 13.7. The highest BCUT2D eigenvalue weighted by Crippen LogP contribution is 2.12. The van der Waals surface area contributed by atoms with Gasteiger partial charge in [-0.25, -0.2) is 9.59 Å². The zero-order chi connectivity index (χ0) is 41.4. The van der Waals surface area contributed by atoms with E-state index in [1.165, 1.54) is 34.1 Å². The minimum Gasteiger partial charge on any atom is -0.459 e. The van der Waals surface area contributed by atoms with Gasteiger partial charge in [0.05, 0.1) is 43.9 Å². The minimum absolute atomic E-state index is 0.0335. The standard InChI is InChI=1S/C40H55N3O12/c1-38(2,3)53-33(46)26-41(21-23-43(27-34(47)54-39(4,5)6)28-35(48)55-40(7,8)9)20-22-42(24-31(44)51-36(49)29-16-12-10-13-17-29)25-32(45)52-37(50)30-18-14-11-15-19-30/h10-19H,20-28H2,1-9H3. The molecule has 0 N–H and O–H groups in total. The third-order valence-electron chi connectivity index (χ3n) is 6.92. The van der Waals surface area contributed by atoms with Crippen LogP contribution in [-0.4, -0.2) is 132 Å². The highest BCUT2D eigenvalue weighted by molar-refractivity contribution is 5.98. The Morgan fingerprint density at radius 2 is 0.655 bits per heavy atom. The summed E-state index contributed by atoms with van der Waals surface area (Å²) >= 11 is 0. The van der Waals surface area contributed by atoms with E-state index in [0.29, 0.717) is 0 Å². The molecule has 0 amide bonds. The lowest BCUT2D eigenvalue weighted by molar-refractivity contribution is -0.161. The number of hydrogen-bond donors (Lipinski definition) is 0. The molecule has 0 saturated heterocycles. The molecular formula is C40H55N3O12. The molecule has 0 saturated carbocycles. The van der Waals surface area contributed by atoms with E-state index in [1.54, 1.807) is 104 Å². The lowest BCUT2D eigenvalue weighted by Crippen LogP contribution is -2.47. The monoisotopic (exact) mass is 769 g/mol. The van der Waals surface area contributed by atoms with Crippen LogP contribution in [0.15, 0.2) is 60.7 Å². The predicted molar refractivity (Wildman–Crippen MR) is 201 cm³/mol. The average molecular weight is 770 g/mol. The van der Waals surface area contributed by atoms with Gasteiger partial charge in [0.2, 0.25) is 0 Å². The minimum atomic E-state index is -0.976. The van der Waals surface area contributed by atoms with E-state index in [9.17, 15) is 33.6 Å². The third kappa shape index (κ3) is 20.9. The Morgan fingerprint density at radius 3 is 0.945 bits per heavy atom. The maximum Gasteiger partial charge on any atom is 0.345 e. The molecule has 0 unspecified atom stereocenters. The second kappa shape index (κ2) is 21.2. The van der Waals surface area contributed by atoms with Gasteiger partial charge in [-0.3, -0.25) is 38.7 Å². The number of ether oxygens (including phenoxy) is 5. The van der Waals surface area contributed by atoms with Gasteiger partial charge in [-0.1, -0.05) is 36.4 Å². The number of rotatable bonds is 18. The fourth-order valence-corrected chi connectivity index (χ4v) is 4.84. The van der Waals surface area contributed by atoms with Crippen LogP contribution in [0.2, 0.25) is 0 Å². The van der Waals surface area contributed by atoms with Crippen molar-refractivity contribution in [2.75, 3.05) is 58.9 Å². The van der Waals surface area contributed by atoms with E-state index < -0.39 is 71.7 Å². The molecule has 0 aliphatic carbocycles. The van der Waals surface area contributed by atoms with Crippen LogP contribution in [0.5, 0.6) is 0 Å². The van der Waals surface area contributed by atoms with Crippen LogP contribution in [-0.2, 0) is 47.7 Å². The average Bonchev–Trinajstić information content (AvgIpc) is 3.03. The number of esters is 7. The van der Waals surface area contributed by atoms with E-state index in [2.05, 4.69) is 0 Å². The molecule has 302 valence electrons. The molecule has 15 nitrogen and oxygen atoms in total. The fraction of sp³-hybridized carbons (Fsp3) is 0.525. The van der Waals surface area contributed by atoms with Crippen molar-refractivity contribution < 1.29 is 57.2 Å². The van der Waals surface area contributed by atoms with Gasteiger partial charge in [-0.15, -0.1) is 0 Å². The molecule has 0 fully saturated rings. The molecule has 2 aromatic carbocycles. The van der Waals surface area contributed by atoms with Crippen LogP contribution in [0.1, 0.15) is 83.0 Å². The molecule has 2 aromatic rings. The van der Waals surface area contributed by atoms with Crippen molar-refractivity contribution in [1.82, 2.24) is 14.7 Å². The largest absolute Gasteiger partial charge is 0.459 e. The molecule has 2 rings (SSSR count). The summed E-state index contributed by atoms with van der Waals surface area (Å²) in [5, 5.41) is 0. The van der Waals surface area contributed by atoms with Gasteiger partial charge in [0.15, 0.2) is 0 Å².